The lowest BCUT2D eigenvalue weighted by atomic mass is 10.2. The van der Waals surface area contributed by atoms with Crippen LogP contribution in [-0.4, -0.2) is 55.5 Å². The number of nitrogens with one attached hydrogen (secondary N) is 1. The molecule has 0 amide bonds. The van der Waals surface area contributed by atoms with E-state index in [0.717, 1.165) is 25.6 Å². The van der Waals surface area contributed by atoms with Crippen molar-refractivity contribution in [2.24, 2.45) is 4.99 Å². The van der Waals surface area contributed by atoms with Crippen LogP contribution in [0, 0.1) is 0 Å². The second-order valence-corrected chi connectivity index (χ2v) is 5.84. The highest BCUT2D eigenvalue weighted by Crippen LogP contribution is 2.20. The van der Waals surface area contributed by atoms with E-state index in [9.17, 15) is 0 Å². The van der Waals surface area contributed by atoms with Gasteiger partial charge in [0.25, 0.3) is 0 Å². The van der Waals surface area contributed by atoms with Gasteiger partial charge < -0.3 is 10.2 Å². The van der Waals surface area contributed by atoms with Crippen LogP contribution in [0.25, 0.3) is 0 Å². The van der Waals surface area contributed by atoms with Crippen LogP contribution in [-0.2, 0) is 6.54 Å². The number of hydrogen-bond acceptors (Lipinski definition) is 2. The summed E-state index contributed by atoms with van der Waals surface area (Å²) in [5.41, 5.74) is 1.40. The predicted molar refractivity (Wildman–Crippen MR) is 89.5 cm³/mol. The Labute approximate surface area is 128 Å². The highest BCUT2D eigenvalue weighted by molar-refractivity contribution is 5.79. The molecule has 1 unspecified atom stereocenters. The molecule has 0 radical (unpaired) electrons. The first-order valence-corrected chi connectivity index (χ1v) is 7.94. The Morgan fingerprint density at radius 1 is 1.33 bits per heavy atom. The Morgan fingerprint density at radius 2 is 2.10 bits per heavy atom. The molecule has 4 heteroatoms. The molecule has 1 aliphatic rings. The van der Waals surface area contributed by atoms with E-state index in [1.54, 1.807) is 0 Å². The van der Waals surface area contributed by atoms with Crippen molar-refractivity contribution in [3.8, 4) is 0 Å². The molecule has 1 aliphatic heterocycles. The molecule has 1 saturated heterocycles. The molecule has 0 spiro atoms. The monoisotopic (exact) mass is 288 g/mol. The smallest absolute Gasteiger partial charge is 0.193 e. The van der Waals surface area contributed by atoms with Gasteiger partial charge in [0.2, 0.25) is 0 Å². The van der Waals surface area contributed by atoms with Gasteiger partial charge in [0.05, 0.1) is 6.54 Å². The molecule has 0 bridgehead atoms. The van der Waals surface area contributed by atoms with Crippen LogP contribution in [0.1, 0.15) is 25.3 Å². The normalized spacial score (nSPS) is 19.8. The lowest BCUT2D eigenvalue weighted by Crippen LogP contribution is -2.38. The van der Waals surface area contributed by atoms with Crippen LogP contribution in [0.2, 0.25) is 0 Å². The zero-order valence-corrected chi connectivity index (χ0v) is 13.5. The summed E-state index contributed by atoms with van der Waals surface area (Å²) in [6.45, 7) is 6.13. The minimum atomic E-state index is 0.568. The van der Waals surface area contributed by atoms with Gasteiger partial charge in [0, 0.05) is 33.2 Å². The Hall–Kier alpha value is -1.55. The molecular formula is C17H28N4. The summed E-state index contributed by atoms with van der Waals surface area (Å²) in [7, 11) is 4.08. The summed E-state index contributed by atoms with van der Waals surface area (Å²) in [6.07, 6.45) is 2.54. The van der Waals surface area contributed by atoms with Crippen LogP contribution >= 0.6 is 0 Å². The maximum absolute atomic E-state index is 4.78. The van der Waals surface area contributed by atoms with E-state index >= 15 is 0 Å². The maximum atomic E-state index is 4.78. The van der Waals surface area contributed by atoms with Gasteiger partial charge in [-0.25, -0.2) is 0 Å². The number of aliphatic imine (C=N–C) groups is 1. The van der Waals surface area contributed by atoms with Crippen LogP contribution in [0.5, 0.6) is 0 Å². The van der Waals surface area contributed by atoms with Gasteiger partial charge in [0.15, 0.2) is 5.96 Å². The van der Waals surface area contributed by atoms with Gasteiger partial charge in [-0.2, -0.15) is 0 Å². The van der Waals surface area contributed by atoms with Crippen molar-refractivity contribution < 1.29 is 0 Å². The fraction of sp³-hybridized carbons (Fsp3) is 0.588. The standard InChI is InChI=1S/C17H28N4/c1-4-18-17(20(2)3)19-13-16-11-8-12-21(16)14-15-9-6-5-7-10-15/h5-7,9-10,16H,4,8,11-14H2,1-3H3,(H,18,19). The molecule has 4 nitrogen and oxygen atoms in total. The first-order valence-electron chi connectivity index (χ1n) is 7.94. The van der Waals surface area contributed by atoms with E-state index in [0.29, 0.717) is 6.04 Å². The second-order valence-electron chi connectivity index (χ2n) is 5.84. The van der Waals surface area contributed by atoms with Gasteiger partial charge in [-0.1, -0.05) is 30.3 Å². The van der Waals surface area contributed by atoms with Crippen LogP contribution in [0.4, 0.5) is 0 Å². The summed E-state index contributed by atoms with van der Waals surface area (Å²) in [4.78, 5) is 9.40. The molecule has 116 valence electrons. The Morgan fingerprint density at radius 3 is 2.76 bits per heavy atom. The number of rotatable bonds is 5. The molecule has 21 heavy (non-hydrogen) atoms. The van der Waals surface area contributed by atoms with E-state index in [2.05, 4.69) is 52.4 Å². The number of benzene rings is 1. The SMILES string of the molecule is CCNC(=NCC1CCCN1Cc1ccccc1)N(C)C. The second kappa shape index (κ2) is 8.03. The number of nitrogens with zero attached hydrogens (tertiary/aromatic N) is 3. The van der Waals surface area contributed by atoms with Crippen molar-refractivity contribution >= 4 is 5.96 Å². The topological polar surface area (TPSA) is 30.9 Å². The van der Waals surface area contributed by atoms with Crippen molar-refractivity contribution in [3.05, 3.63) is 35.9 Å². The summed E-state index contributed by atoms with van der Waals surface area (Å²) >= 11 is 0. The van der Waals surface area contributed by atoms with Crippen molar-refractivity contribution in [1.29, 1.82) is 0 Å². The molecule has 0 saturated carbocycles. The predicted octanol–water partition coefficient (Wildman–Crippen LogP) is 2.18. The van der Waals surface area contributed by atoms with E-state index < -0.39 is 0 Å². The molecule has 0 aromatic heterocycles. The minimum absolute atomic E-state index is 0.568. The van der Waals surface area contributed by atoms with Crippen LogP contribution in [0.3, 0.4) is 0 Å². The van der Waals surface area contributed by atoms with Crippen molar-refractivity contribution in [2.45, 2.75) is 32.4 Å². The van der Waals surface area contributed by atoms with Crippen molar-refractivity contribution in [1.82, 2.24) is 15.1 Å². The molecule has 1 N–H and O–H groups in total. The fourth-order valence-electron chi connectivity index (χ4n) is 2.83. The van der Waals surface area contributed by atoms with Gasteiger partial charge >= 0.3 is 0 Å². The first-order chi connectivity index (χ1) is 10.2. The Kier molecular flexibility index (Phi) is 6.05. The zero-order valence-electron chi connectivity index (χ0n) is 13.5. The molecule has 1 aromatic carbocycles. The lowest BCUT2D eigenvalue weighted by molar-refractivity contribution is 0.250. The van der Waals surface area contributed by atoms with Gasteiger partial charge in [-0.05, 0) is 31.9 Å². The molecule has 2 rings (SSSR count). The number of likely N-dealkylation sites (tertiary alicyclic amines) is 1. The third-order valence-corrected chi connectivity index (χ3v) is 3.94. The van der Waals surface area contributed by atoms with E-state index in [-0.39, 0.29) is 0 Å². The third-order valence-electron chi connectivity index (χ3n) is 3.94. The molecule has 0 aliphatic carbocycles. The third kappa shape index (κ3) is 4.74. The van der Waals surface area contributed by atoms with Crippen LogP contribution in [0.15, 0.2) is 35.3 Å². The lowest BCUT2D eigenvalue weighted by Gasteiger charge is -2.24. The van der Waals surface area contributed by atoms with E-state index in [4.69, 9.17) is 4.99 Å². The van der Waals surface area contributed by atoms with E-state index in [1.807, 2.05) is 14.1 Å². The number of hydrogen-bond donors (Lipinski definition) is 1. The van der Waals surface area contributed by atoms with Crippen molar-refractivity contribution in [2.75, 3.05) is 33.7 Å². The highest BCUT2D eigenvalue weighted by Gasteiger charge is 2.24. The summed E-state index contributed by atoms with van der Waals surface area (Å²) < 4.78 is 0. The molecule has 1 heterocycles. The molecular weight excluding hydrogens is 260 g/mol. The first kappa shape index (κ1) is 15.8. The molecule has 1 aromatic rings. The number of guanidine groups is 1. The zero-order chi connectivity index (χ0) is 15.1. The van der Waals surface area contributed by atoms with Gasteiger partial charge in [-0.3, -0.25) is 9.89 Å². The summed E-state index contributed by atoms with van der Waals surface area (Å²) in [6, 6.07) is 11.3. The maximum Gasteiger partial charge on any atom is 0.193 e. The average Bonchev–Trinajstić information content (AvgIpc) is 2.91. The highest BCUT2D eigenvalue weighted by atomic mass is 15.3. The van der Waals surface area contributed by atoms with Gasteiger partial charge in [0.1, 0.15) is 0 Å². The molecule has 1 atom stereocenters. The average molecular weight is 288 g/mol. The summed E-state index contributed by atoms with van der Waals surface area (Å²) in [5.74, 6) is 0.990. The van der Waals surface area contributed by atoms with E-state index in [1.165, 1.54) is 24.9 Å². The van der Waals surface area contributed by atoms with Gasteiger partial charge in [-0.15, -0.1) is 0 Å². The van der Waals surface area contributed by atoms with Crippen LogP contribution < -0.4 is 5.32 Å². The summed E-state index contributed by atoms with van der Waals surface area (Å²) in [5, 5.41) is 3.33. The largest absolute Gasteiger partial charge is 0.357 e. The molecule has 1 fully saturated rings. The quantitative estimate of drug-likeness (QED) is 0.665. The minimum Gasteiger partial charge on any atom is -0.357 e. The fourth-order valence-corrected chi connectivity index (χ4v) is 2.83. The van der Waals surface area contributed by atoms with Crippen molar-refractivity contribution in [3.63, 3.8) is 0 Å². The Balaban J connectivity index is 1.94. The Bertz CT molecular complexity index is 441.